The van der Waals surface area contributed by atoms with Crippen molar-refractivity contribution in [1.82, 2.24) is 4.98 Å². The molecule has 2 aromatic rings. The number of nitrogens with zero attached hydrogens (tertiary/aromatic N) is 1. The van der Waals surface area contributed by atoms with E-state index in [9.17, 15) is 0 Å². The SMILES string of the molecule is COc1cccc(Sc2nc(Br)cs2)c1. The second kappa shape index (κ2) is 5.01. The molecule has 2 nitrogen and oxygen atoms in total. The Kier molecular flexibility index (Phi) is 3.66. The highest BCUT2D eigenvalue weighted by Gasteiger charge is 2.03. The lowest BCUT2D eigenvalue weighted by Gasteiger charge is -2.01. The molecular weight excluding hydrogens is 294 g/mol. The minimum atomic E-state index is 0.871. The second-order valence-electron chi connectivity index (χ2n) is 2.72. The van der Waals surface area contributed by atoms with Crippen molar-refractivity contribution in [3.8, 4) is 5.75 Å². The van der Waals surface area contributed by atoms with E-state index in [-0.39, 0.29) is 0 Å². The number of thiazole rings is 1. The van der Waals surface area contributed by atoms with Crippen molar-refractivity contribution in [3.05, 3.63) is 34.2 Å². The van der Waals surface area contributed by atoms with Gasteiger partial charge >= 0.3 is 0 Å². The van der Waals surface area contributed by atoms with Gasteiger partial charge in [-0.25, -0.2) is 4.98 Å². The molecule has 0 N–H and O–H groups in total. The molecule has 0 bridgehead atoms. The number of benzene rings is 1. The van der Waals surface area contributed by atoms with E-state index < -0.39 is 0 Å². The maximum Gasteiger partial charge on any atom is 0.155 e. The van der Waals surface area contributed by atoms with Crippen molar-refractivity contribution in [2.24, 2.45) is 0 Å². The Morgan fingerprint density at radius 3 is 3.00 bits per heavy atom. The van der Waals surface area contributed by atoms with Gasteiger partial charge < -0.3 is 4.74 Å². The van der Waals surface area contributed by atoms with Crippen LogP contribution in [0.4, 0.5) is 0 Å². The highest BCUT2D eigenvalue weighted by Crippen LogP contribution is 2.33. The van der Waals surface area contributed by atoms with Crippen LogP contribution < -0.4 is 4.74 Å². The first-order chi connectivity index (χ1) is 7.28. The van der Waals surface area contributed by atoms with Gasteiger partial charge in [0, 0.05) is 10.3 Å². The van der Waals surface area contributed by atoms with Crippen LogP contribution in [0, 0.1) is 0 Å². The van der Waals surface area contributed by atoms with E-state index in [1.54, 1.807) is 30.2 Å². The zero-order chi connectivity index (χ0) is 10.7. The number of halogens is 1. The minimum Gasteiger partial charge on any atom is -0.497 e. The zero-order valence-corrected chi connectivity index (χ0v) is 11.2. The minimum absolute atomic E-state index is 0.871. The van der Waals surface area contributed by atoms with Gasteiger partial charge in [-0.2, -0.15) is 0 Å². The first-order valence-corrected chi connectivity index (χ1v) is 6.70. The van der Waals surface area contributed by atoms with Gasteiger partial charge in [-0.15, -0.1) is 11.3 Å². The van der Waals surface area contributed by atoms with E-state index in [0.29, 0.717) is 0 Å². The van der Waals surface area contributed by atoms with Crippen LogP contribution in [0.2, 0.25) is 0 Å². The lowest BCUT2D eigenvalue weighted by molar-refractivity contribution is 0.413. The smallest absolute Gasteiger partial charge is 0.155 e. The van der Waals surface area contributed by atoms with Crippen LogP contribution in [-0.4, -0.2) is 12.1 Å². The molecule has 5 heteroatoms. The molecule has 0 spiro atoms. The van der Waals surface area contributed by atoms with Crippen molar-refractivity contribution in [2.75, 3.05) is 7.11 Å². The van der Waals surface area contributed by atoms with E-state index in [2.05, 4.69) is 20.9 Å². The third-order valence-electron chi connectivity index (χ3n) is 1.70. The van der Waals surface area contributed by atoms with E-state index in [1.807, 2.05) is 29.6 Å². The fourth-order valence-corrected chi connectivity index (χ4v) is 3.44. The van der Waals surface area contributed by atoms with Crippen LogP contribution in [0.3, 0.4) is 0 Å². The number of ether oxygens (including phenoxy) is 1. The summed E-state index contributed by atoms with van der Waals surface area (Å²) in [5.74, 6) is 0.871. The molecule has 78 valence electrons. The van der Waals surface area contributed by atoms with E-state index in [0.717, 1.165) is 19.6 Å². The summed E-state index contributed by atoms with van der Waals surface area (Å²) < 4.78 is 7.07. The quantitative estimate of drug-likeness (QED) is 0.853. The van der Waals surface area contributed by atoms with Gasteiger partial charge in [0.1, 0.15) is 10.4 Å². The number of hydrogen-bond acceptors (Lipinski definition) is 4. The summed E-state index contributed by atoms with van der Waals surface area (Å²) in [6.07, 6.45) is 0. The maximum absolute atomic E-state index is 5.16. The first kappa shape index (κ1) is 11.0. The molecular formula is C10H8BrNOS2. The summed E-state index contributed by atoms with van der Waals surface area (Å²) in [5, 5.41) is 1.97. The van der Waals surface area contributed by atoms with Gasteiger partial charge in [-0.3, -0.25) is 0 Å². The Morgan fingerprint density at radius 1 is 1.47 bits per heavy atom. The molecule has 0 aliphatic heterocycles. The molecule has 0 aliphatic rings. The van der Waals surface area contributed by atoms with Crippen molar-refractivity contribution in [3.63, 3.8) is 0 Å². The molecule has 0 atom stereocenters. The number of rotatable bonds is 3. The third kappa shape index (κ3) is 2.96. The van der Waals surface area contributed by atoms with E-state index >= 15 is 0 Å². The van der Waals surface area contributed by atoms with E-state index in [1.165, 1.54) is 0 Å². The summed E-state index contributed by atoms with van der Waals surface area (Å²) in [4.78, 5) is 5.45. The lowest BCUT2D eigenvalue weighted by atomic mass is 10.3. The molecule has 0 aliphatic carbocycles. The standard InChI is InChI=1S/C10H8BrNOS2/c1-13-7-3-2-4-8(5-7)15-10-12-9(11)6-14-10/h2-6H,1H3. The fourth-order valence-electron chi connectivity index (χ4n) is 1.05. The Balaban J connectivity index is 2.16. The molecule has 0 amide bonds. The van der Waals surface area contributed by atoms with Gasteiger partial charge in [0.25, 0.3) is 0 Å². The molecule has 0 fully saturated rings. The molecule has 0 saturated carbocycles. The van der Waals surface area contributed by atoms with Crippen LogP contribution in [0.5, 0.6) is 5.75 Å². The third-order valence-corrected chi connectivity index (χ3v) is 4.34. The molecule has 0 unspecified atom stereocenters. The first-order valence-electron chi connectivity index (χ1n) is 4.21. The van der Waals surface area contributed by atoms with Crippen molar-refractivity contribution >= 4 is 39.0 Å². The average Bonchev–Trinajstić information content (AvgIpc) is 2.64. The summed E-state index contributed by atoms with van der Waals surface area (Å²) in [6.45, 7) is 0. The van der Waals surface area contributed by atoms with Crippen molar-refractivity contribution in [1.29, 1.82) is 0 Å². The Hall–Kier alpha value is -0.520. The summed E-state index contributed by atoms with van der Waals surface area (Å²) in [6, 6.07) is 7.95. The van der Waals surface area contributed by atoms with Crippen LogP contribution >= 0.6 is 39.0 Å². The maximum atomic E-state index is 5.16. The molecule has 15 heavy (non-hydrogen) atoms. The number of aromatic nitrogens is 1. The predicted molar refractivity (Wildman–Crippen MR) is 66.9 cm³/mol. The Morgan fingerprint density at radius 2 is 2.33 bits per heavy atom. The van der Waals surface area contributed by atoms with Crippen molar-refractivity contribution < 1.29 is 4.74 Å². The van der Waals surface area contributed by atoms with Crippen LogP contribution in [0.15, 0.2) is 43.5 Å². The summed E-state index contributed by atoms with van der Waals surface area (Å²) >= 11 is 6.59. The Bertz CT molecular complexity index is 458. The van der Waals surface area contributed by atoms with Crippen LogP contribution in [0.25, 0.3) is 0 Å². The molecule has 1 aromatic carbocycles. The molecule has 1 aromatic heterocycles. The molecule has 0 radical (unpaired) electrons. The number of hydrogen-bond donors (Lipinski definition) is 0. The highest BCUT2D eigenvalue weighted by atomic mass is 79.9. The lowest BCUT2D eigenvalue weighted by Crippen LogP contribution is -1.81. The average molecular weight is 302 g/mol. The second-order valence-corrected chi connectivity index (χ2v) is 5.71. The summed E-state index contributed by atoms with van der Waals surface area (Å²) in [7, 11) is 1.67. The van der Waals surface area contributed by atoms with Gasteiger partial charge in [0.15, 0.2) is 4.34 Å². The number of methoxy groups -OCH3 is 1. The fraction of sp³-hybridized carbons (Fsp3) is 0.100. The van der Waals surface area contributed by atoms with Gasteiger partial charge in [0.05, 0.1) is 7.11 Å². The van der Waals surface area contributed by atoms with Crippen LogP contribution in [-0.2, 0) is 0 Å². The van der Waals surface area contributed by atoms with Crippen LogP contribution in [0.1, 0.15) is 0 Å². The zero-order valence-electron chi connectivity index (χ0n) is 7.94. The summed E-state index contributed by atoms with van der Waals surface area (Å²) in [5.41, 5.74) is 0. The van der Waals surface area contributed by atoms with Gasteiger partial charge in [0.2, 0.25) is 0 Å². The monoisotopic (exact) mass is 301 g/mol. The highest BCUT2D eigenvalue weighted by molar-refractivity contribution is 9.10. The molecule has 2 rings (SSSR count). The Labute approximate surface area is 105 Å². The van der Waals surface area contributed by atoms with Gasteiger partial charge in [-0.1, -0.05) is 17.8 Å². The molecule has 1 heterocycles. The van der Waals surface area contributed by atoms with Gasteiger partial charge in [-0.05, 0) is 34.1 Å². The molecule has 0 saturated heterocycles. The van der Waals surface area contributed by atoms with E-state index in [4.69, 9.17) is 4.74 Å². The normalized spacial score (nSPS) is 10.3. The predicted octanol–water partition coefficient (Wildman–Crippen LogP) is 4.07. The topological polar surface area (TPSA) is 22.1 Å². The van der Waals surface area contributed by atoms with Crippen molar-refractivity contribution in [2.45, 2.75) is 9.24 Å². The largest absolute Gasteiger partial charge is 0.497 e.